The summed E-state index contributed by atoms with van der Waals surface area (Å²) in [5.74, 6) is 0. The molecule has 7 heteroatoms. The summed E-state index contributed by atoms with van der Waals surface area (Å²) < 4.78 is 48.3. The molecule has 1 aromatic rings. The Morgan fingerprint density at radius 2 is 2.00 bits per heavy atom. The van der Waals surface area contributed by atoms with Gasteiger partial charge in [0.05, 0.1) is 30.4 Å². The summed E-state index contributed by atoms with van der Waals surface area (Å²) in [6, 6.07) is 5.12. The SMILES string of the molecule is COCCOCCCNc1ccc(C#N)c(C(F)(F)F)c1. The van der Waals surface area contributed by atoms with E-state index in [4.69, 9.17) is 14.7 Å². The number of hydrogen-bond donors (Lipinski definition) is 1. The van der Waals surface area contributed by atoms with E-state index in [-0.39, 0.29) is 5.56 Å². The normalized spacial score (nSPS) is 11.2. The Morgan fingerprint density at radius 1 is 1.24 bits per heavy atom. The predicted octanol–water partition coefficient (Wildman–Crippen LogP) is 3.04. The molecule has 21 heavy (non-hydrogen) atoms. The first-order valence-electron chi connectivity index (χ1n) is 6.41. The number of benzene rings is 1. The van der Waals surface area contributed by atoms with Crippen LogP contribution in [0.25, 0.3) is 0 Å². The van der Waals surface area contributed by atoms with Crippen molar-refractivity contribution in [1.29, 1.82) is 5.26 Å². The zero-order chi connectivity index (χ0) is 15.7. The maximum Gasteiger partial charge on any atom is 0.417 e. The Balaban J connectivity index is 2.48. The van der Waals surface area contributed by atoms with Crippen molar-refractivity contribution >= 4 is 5.69 Å². The van der Waals surface area contributed by atoms with Crippen molar-refractivity contribution in [3.05, 3.63) is 29.3 Å². The van der Waals surface area contributed by atoms with Gasteiger partial charge in [-0.2, -0.15) is 18.4 Å². The summed E-state index contributed by atoms with van der Waals surface area (Å²) in [4.78, 5) is 0. The van der Waals surface area contributed by atoms with Crippen LogP contribution in [-0.4, -0.2) is 33.5 Å². The Labute approximate surface area is 121 Å². The van der Waals surface area contributed by atoms with Gasteiger partial charge in [-0.1, -0.05) is 0 Å². The van der Waals surface area contributed by atoms with Crippen LogP contribution in [0.5, 0.6) is 0 Å². The van der Waals surface area contributed by atoms with Gasteiger partial charge in [0.1, 0.15) is 0 Å². The monoisotopic (exact) mass is 302 g/mol. The van der Waals surface area contributed by atoms with Crippen LogP contribution in [0.1, 0.15) is 17.5 Å². The van der Waals surface area contributed by atoms with E-state index in [9.17, 15) is 13.2 Å². The van der Waals surface area contributed by atoms with Gasteiger partial charge in [-0.25, -0.2) is 0 Å². The topological polar surface area (TPSA) is 54.3 Å². The van der Waals surface area contributed by atoms with Crippen molar-refractivity contribution in [3.8, 4) is 6.07 Å². The highest BCUT2D eigenvalue weighted by Gasteiger charge is 2.33. The zero-order valence-electron chi connectivity index (χ0n) is 11.7. The van der Waals surface area contributed by atoms with Gasteiger partial charge in [-0.15, -0.1) is 0 Å². The second-order valence-corrected chi connectivity index (χ2v) is 4.26. The third-order valence-electron chi connectivity index (χ3n) is 2.67. The van der Waals surface area contributed by atoms with E-state index in [1.807, 2.05) is 0 Å². The molecule has 0 spiro atoms. The summed E-state index contributed by atoms with van der Waals surface area (Å²) in [6.45, 7) is 1.98. The number of anilines is 1. The molecular weight excluding hydrogens is 285 g/mol. The Kier molecular flexibility index (Phi) is 6.99. The van der Waals surface area contributed by atoms with Crippen LogP contribution in [0.15, 0.2) is 18.2 Å². The highest BCUT2D eigenvalue weighted by molar-refractivity contribution is 5.53. The van der Waals surface area contributed by atoms with Gasteiger partial charge in [-0.05, 0) is 24.6 Å². The average molecular weight is 302 g/mol. The van der Waals surface area contributed by atoms with Gasteiger partial charge < -0.3 is 14.8 Å². The number of methoxy groups -OCH3 is 1. The fraction of sp³-hybridized carbons (Fsp3) is 0.500. The van der Waals surface area contributed by atoms with Crippen LogP contribution >= 0.6 is 0 Å². The number of nitriles is 1. The number of ether oxygens (including phenoxy) is 2. The average Bonchev–Trinajstić information content (AvgIpc) is 2.45. The van der Waals surface area contributed by atoms with E-state index in [2.05, 4.69) is 5.32 Å². The van der Waals surface area contributed by atoms with Gasteiger partial charge in [0.25, 0.3) is 0 Å². The minimum absolute atomic E-state index is 0.332. The second kappa shape index (κ2) is 8.49. The molecule has 0 atom stereocenters. The summed E-state index contributed by atoms with van der Waals surface area (Å²) in [7, 11) is 1.58. The molecule has 1 rings (SSSR count). The lowest BCUT2D eigenvalue weighted by molar-refractivity contribution is -0.137. The van der Waals surface area contributed by atoms with E-state index in [1.165, 1.54) is 12.1 Å². The number of halogens is 3. The largest absolute Gasteiger partial charge is 0.417 e. The molecule has 0 aliphatic heterocycles. The lowest BCUT2D eigenvalue weighted by Gasteiger charge is -2.12. The number of nitrogens with one attached hydrogen (secondary N) is 1. The van der Waals surface area contributed by atoms with Gasteiger partial charge in [0.2, 0.25) is 0 Å². The molecule has 1 N–H and O–H groups in total. The van der Waals surface area contributed by atoms with Gasteiger partial charge in [0, 0.05) is 25.9 Å². The molecule has 0 radical (unpaired) electrons. The quantitative estimate of drug-likeness (QED) is 0.750. The molecule has 0 aromatic heterocycles. The zero-order valence-corrected chi connectivity index (χ0v) is 11.7. The summed E-state index contributed by atoms with van der Waals surface area (Å²) in [5.41, 5.74) is -0.972. The number of hydrogen-bond acceptors (Lipinski definition) is 4. The van der Waals surface area contributed by atoms with Crippen molar-refractivity contribution in [2.75, 3.05) is 38.8 Å². The van der Waals surface area contributed by atoms with E-state index >= 15 is 0 Å². The van der Waals surface area contributed by atoms with Crippen molar-refractivity contribution in [3.63, 3.8) is 0 Å². The minimum Gasteiger partial charge on any atom is -0.385 e. The third-order valence-corrected chi connectivity index (χ3v) is 2.67. The van der Waals surface area contributed by atoms with Crippen molar-refractivity contribution in [2.45, 2.75) is 12.6 Å². The van der Waals surface area contributed by atoms with E-state index in [0.29, 0.717) is 38.5 Å². The first kappa shape index (κ1) is 17.3. The van der Waals surface area contributed by atoms with E-state index in [1.54, 1.807) is 13.2 Å². The second-order valence-electron chi connectivity index (χ2n) is 4.26. The lowest BCUT2D eigenvalue weighted by Crippen LogP contribution is -2.11. The van der Waals surface area contributed by atoms with Crippen LogP contribution in [0, 0.1) is 11.3 Å². The molecule has 1 aromatic carbocycles. The summed E-state index contributed by atoms with van der Waals surface area (Å²) >= 11 is 0. The molecule has 0 aliphatic rings. The minimum atomic E-state index is -4.54. The maximum absolute atomic E-state index is 12.8. The molecule has 0 fully saturated rings. The molecule has 0 aliphatic carbocycles. The number of nitrogens with zero attached hydrogens (tertiary/aromatic N) is 1. The van der Waals surface area contributed by atoms with Crippen LogP contribution in [0.3, 0.4) is 0 Å². The molecule has 116 valence electrons. The molecule has 0 bridgehead atoms. The van der Waals surface area contributed by atoms with Gasteiger partial charge in [0.15, 0.2) is 0 Å². The van der Waals surface area contributed by atoms with Crippen LogP contribution in [-0.2, 0) is 15.7 Å². The van der Waals surface area contributed by atoms with Crippen LogP contribution in [0.2, 0.25) is 0 Å². The molecular formula is C14H17F3N2O2. The van der Waals surface area contributed by atoms with Gasteiger partial charge in [-0.3, -0.25) is 0 Å². The molecule has 0 heterocycles. The first-order valence-corrected chi connectivity index (χ1v) is 6.41. The Morgan fingerprint density at radius 3 is 2.62 bits per heavy atom. The Hall–Kier alpha value is -1.78. The summed E-state index contributed by atoms with van der Waals surface area (Å²) in [6.07, 6.45) is -3.88. The smallest absolute Gasteiger partial charge is 0.385 e. The van der Waals surface area contributed by atoms with Crippen molar-refractivity contribution < 1.29 is 22.6 Å². The van der Waals surface area contributed by atoms with Gasteiger partial charge >= 0.3 is 6.18 Å². The molecule has 0 unspecified atom stereocenters. The highest BCUT2D eigenvalue weighted by Crippen LogP contribution is 2.33. The van der Waals surface area contributed by atoms with E-state index < -0.39 is 11.7 Å². The molecule has 4 nitrogen and oxygen atoms in total. The number of alkyl halides is 3. The predicted molar refractivity (Wildman–Crippen MR) is 72.0 cm³/mol. The molecule has 0 amide bonds. The molecule has 0 saturated carbocycles. The fourth-order valence-electron chi connectivity index (χ4n) is 1.64. The molecule has 0 saturated heterocycles. The van der Waals surface area contributed by atoms with Crippen molar-refractivity contribution in [2.24, 2.45) is 0 Å². The van der Waals surface area contributed by atoms with Crippen molar-refractivity contribution in [1.82, 2.24) is 0 Å². The van der Waals surface area contributed by atoms with Crippen LogP contribution in [0.4, 0.5) is 18.9 Å². The first-order chi connectivity index (χ1) is 9.99. The third kappa shape index (κ3) is 6.02. The lowest BCUT2D eigenvalue weighted by atomic mass is 10.1. The standard InChI is InChI=1S/C14H17F3N2O2/c1-20-7-8-21-6-2-5-19-12-4-3-11(10-18)13(9-12)14(15,16)17/h3-4,9,19H,2,5-8H2,1H3. The highest BCUT2D eigenvalue weighted by atomic mass is 19.4. The Bertz CT molecular complexity index is 484. The number of rotatable bonds is 8. The van der Waals surface area contributed by atoms with E-state index in [0.717, 1.165) is 6.07 Å². The fourth-order valence-corrected chi connectivity index (χ4v) is 1.64. The maximum atomic E-state index is 12.8. The van der Waals surface area contributed by atoms with Crippen LogP contribution < -0.4 is 5.32 Å². The summed E-state index contributed by atoms with van der Waals surface area (Å²) in [5, 5.41) is 11.6.